The Bertz CT molecular complexity index is 240. The Morgan fingerprint density at radius 2 is 1.33 bits per heavy atom. The predicted molar refractivity (Wildman–Crippen MR) is 78.2 cm³/mol. The summed E-state index contributed by atoms with van der Waals surface area (Å²) in [6.07, 6.45) is 0.286. The summed E-state index contributed by atoms with van der Waals surface area (Å²) in [6, 6.07) is 0. The number of carbonyl (C=O) groups is 1. The minimum absolute atomic E-state index is 0.0590. The minimum Gasteiger partial charge on any atom is -0.469 e. The van der Waals surface area contributed by atoms with Crippen LogP contribution in [0.1, 0.15) is 54.9 Å². The molecule has 108 valence electrons. The van der Waals surface area contributed by atoms with Crippen molar-refractivity contribution >= 4 is 14.3 Å². The molecule has 0 aromatic rings. The van der Waals surface area contributed by atoms with Crippen LogP contribution in [0.15, 0.2) is 0 Å². The van der Waals surface area contributed by atoms with Crippen molar-refractivity contribution in [3.8, 4) is 0 Å². The molecule has 0 N–H and O–H groups in total. The highest BCUT2D eigenvalue weighted by Crippen LogP contribution is 2.43. The maximum atomic E-state index is 11.3. The quantitative estimate of drug-likeness (QED) is 0.517. The predicted octanol–water partition coefficient (Wildman–Crippen LogP) is 4.13. The van der Waals surface area contributed by atoms with Crippen LogP contribution in [-0.4, -0.2) is 27.5 Å². The van der Waals surface area contributed by atoms with Crippen molar-refractivity contribution in [2.24, 2.45) is 0 Å². The zero-order valence-corrected chi connectivity index (χ0v) is 14.2. The molecule has 0 aromatic heterocycles. The van der Waals surface area contributed by atoms with Crippen LogP contribution in [0.25, 0.3) is 0 Å². The largest absolute Gasteiger partial charge is 0.469 e. The second-order valence-corrected chi connectivity index (χ2v) is 11.4. The molecule has 1 atom stereocenters. The third-order valence-electron chi connectivity index (χ3n) is 3.79. The monoisotopic (exact) mass is 274 g/mol. The zero-order chi connectivity index (χ0) is 14.5. The molecule has 0 bridgehead atoms. The molecule has 0 aromatic carbocycles. The molecule has 0 radical (unpaired) electrons. The second kappa shape index (κ2) is 7.29. The molecule has 18 heavy (non-hydrogen) atoms. The van der Waals surface area contributed by atoms with Crippen molar-refractivity contribution in [1.82, 2.24) is 0 Å². The number of rotatable bonds is 7. The van der Waals surface area contributed by atoms with Crippen molar-refractivity contribution < 1.29 is 14.0 Å². The van der Waals surface area contributed by atoms with E-state index in [0.717, 1.165) is 0 Å². The maximum absolute atomic E-state index is 11.3. The number of hydrogen-bond donors (Lipinski definition) is 0. The Kier molecular flexibility index (Phi) is 7.15. The maximum Gasteiger partial charge on any atom is 0.308 e. The van der Waals surface area contributed by atoms with E-state index in [-0.39, 0.29) is 12.1 Å². The summed E-state index contributed by atoms with van der Waals surface area (Å²) in [5, 5.41) is 0. The Labute approximate surface area is 113 Å². The van der Waals surface area contributed by atoms with Gasteiger partial charge in [-0.1, -0.05) is 41.5 Å². The Hall–Kier alpha value is -0.353. The van der Waals surface area contributed by atoms with E-state index in [0.29, 0.717) is 23.0 Å². The zero-order valence-electron chi connectivity index (χ0n) is 13.2. The van der Waals surface area contributed by atoms with Gasteiger partial charge in [0.2, 0.25) is 8.32 Å². The summed E-state index contributed by atoms with van der Waals surface area (Å²) in [6.45, 7) is 15.5. The van der Waals surface area contributed by atoms with Crippen LogP contribution in [0, 0.1) is 0 Å². The molecule has 0 fully saturated rings. The lowest BCUT2D eigenvalue weighted by Crippen LogP contribution is -2.50. The highest BCUT2D eigenvalue weighted by Gasteiger charge is 2.46. The topological polar surface area (TPSA) is 35.5 Å². The van der Waals surface area contributed by atoms with Gasteiger partial charge in [-0.25, -0.2) is 0 Å². The van der Waals surface area contributed by atoms with E-state index in [2.05, 4.69) is 41.5 Å². The molecule has 0 heterocycles. The fourth-order valence-electron chi connectivity index (χ4n) is 3.12. The molecule has 0 aliphatic rings. The van der Waals surface area contributed by atoms with Gasteiger partial charge in [0.15, 0.2) is 0 Å². The second-order valence-electron chi connectivity index (χ2n) is 6.03. The van der Waals surface area contributed by atoms with Gasteiger partial charge in [-0.15, -0.1) is 0 Å². The summed E-state index contributed by atoms with van der Waals surface area (Å²) in [4.78, 5) is 11.3. The molecule has 3 nitrogen and oxygen atoms in total. The lowest BCUT2D eigenvalue weighted by molar-refractivity contribution is -0.142. The van der Waals surface area contributed by atoms with E-state index in [1.54, 1.807) is 0 Å². The Morgan fingerprint density at radius 1 is 0.944 bits per heavy atom. The summed E-state index contributed by atoms with van der Waals surface area (Å²) in [5.41, 5.74) is 1.62. The normalized spacial score (nSPS) is 14.4. The first-order valence-electron chi connectivity index (χ1n) is 6.93. The molecule has 4 heteroatoms. The fourth-order valence-corrected chi connectivity index (χ4v) is 8.71. The first kappa shape index (κ1) is 17.6. The molecule has 0 aliphatic carbocycles. The van der Waals surface area contributed by atoms with Crippen LogP contribution in [-0.2, 0) is 14.0 Å². The molecule has 0 unspecified atom stereocenters. The summed E-state index contributed by atoms with van der Waals surface area (Å²) < 4.78 is 11.1. The van der Waals surface area contributed by atoms with Gasteiger partial charge in [0.25, 0.3) is 0 Å². The number of carbonyl (C=O) groups excluding carboxylic acids is 1. The average molecular weight is 274 g/mol. The van der Waals surface area contributed by atoms with Crippen LogP contribution in [0.3, 0.4) is 0 Å². The van der Waals surface area contributed by atoms with Gasteiger partial charge in [0.05, 0.1) is 19.6 Å². The third-order valence-corrected chi connectivity index (χ3v) is 10.0. The molecule has 0 saturated carbocycles. The van der Waals surface area contributed by atoms with Gasteiger partial charge in [-0.05, 0) is 23.5 Å². The fraction of sp³-hybridized carbons (Fsp3) is 0.929. The van der Waals surface area contributed by atoms with Crippen LogP contribution >= 0.6 is 0 Å². The molecular weight excluding hydrogens is 244 g/mol. The molecule has 0 amide bonds. The summed E-state index contributed by atoms with van der Waals surface area (Å²) in [5.74, 6) is -0.193. The van der Waals surface area contributed by atoms with Gasteiger partial charge >= 0.3 is 5.97 Å². The number of methoxy groups -OCH3 is 1. The van der Waals surface area contributed by atoms with E-state index in [1.165, 1.54) is 7.11 Å². The van der Waals surface area contributed by atoms with Crippen molar-refractivity contribution in [2.75, 3.05) is 7.11 Å². The van der Waals surface area contributed by atoms with E-state index in [9.17, 15) is 4.79 Å². The van der Waals surface area contributed by atoms with Crippen molar-refractivity contribution in [1.29, 1.82) is 0 Å². The number of esters is 1. The number of hydrogen-bond acceptors (Lipinski definition) is 3. The van der Waals surface area contributed by atoms with Crippen LogP contribution in [0.4, 0.5) is 0 Å². The minimum atomic E-state index is -1.88. The molecule has 0 rings (SSSR count). The Morgan fingerprint density at radius 3 is 1.61 bits per heavy atom. The van der Waals surface area contributed by atoms with Crippen LogP contribution < -0.4 is 0 Å². The van der Waals surface area contributed by atoms with Gasteiger partial charge in [0, 0.05) is 0 Å². The van der Waals surface area contributed by atoms with Gasteiger partial charge in [0.1, 0.15) is 0 Å². The smallest absolute Gasteiger partial charge is 0.308 e. The van der Waals surface area contributed by atoms with Crippen LogP contribution in [0.5, 0.6) is 0 Å². The third kappa shape index (κ3) is 4.09. The van der Waals surface area contributed by atoms with E-state index < -0.39 is 8.32 Å². The van der Waals surface area contributed by atoms with Crippen LogP contribution in [0.2, 0.25) is 16.6 Å². The van der Waals surface area contributed by atoms with Gasteiger partial charge in [-0.3, -0.25) is 4.79 Å². The van der Waals surface area contributed by atoms with E-state index in [4.69, 9.17) is 9.16 Å². The molecule has 0 saturated heterocycles. The summed E-state index contributed by atoms with van der Waals surface area (Å²) >= 11 is 0. The number of ether oxygens (including phenoxy) is 1. The van der Waals surface area contributed by atoms with Crippen molar-refractivity contribution in [3.05, 3.63) is 0 Å². The van der Waals surface area contributed by atoms with Crippen molar-refractivity contribution in [2.45, 2.75) is 77.6 Å². The first-order valence-corrected chi connectivity index (χ1v) is 9.07. The van der Waals surface area contributed by atoms with E-state index >= 15 is 0 Å². The SMILES string of the molecule is COC(=O)C[C@H](C)O[Si](C(C)C)(C(C)C)C(C)C. The lowest BCUT2D eigenvalue weighted by Gasteiger charge is -2.44. The van der Waals surface area contributed by atoms with Crippen molar-refractivity contribution in [3.63, 3.8) is 0 Å². The first-order chi connectivity index (χ1) is 8.18. The van der Waals surface area contributed by atoms with Gasteiger partial charge < -0.3 is 9.16 Å². The highest BCUT2D eigenvalue weighted by atomic mass is 28.4. The molecular formula is C14H30O3Si. The molecule has 0 spiro atoms. The lowest BCUT2D eigenvalue weighted by atomic mass is 10.3. The standard InChI is InChI=1S/C14H30O3Si/c1-10(2)18(11(3)4,12(5)6)17-13(7)9-14(15)16-8/h10-13H,9H2,1-8H3/t13-/m0/s1. The molecule has 0 aliphatic heterocycles. The summed E-state index contributed by atoms with van der Waals surface area (Å²) in [7, 11) is -0.454. The average Bonchev–Trinajstić information content (AvgIpc) is 2.23. The highest BCUT2D eigenvalue weighted by molar-refractivity contribution is 6.77. The van der Waals surface area contributed by atoms with E-state index in [1.807, 2.05) is 6.92 Å². The Balaban J connectivity index is 4.95. The van der Waals surface area contributed by atoms with Gasteiger partial charge in [-0.2, -0.15) is 0 Å².